The molecule has 2 rings (SSSR count). The van der Waals surface area contributed by atoms with Crippen LogP contribution >= 0.6 is 0 Å². The Hall–Kier alpha value is -1.26. The largest absolute Gasteiger partial charge is 0.480 e. The number of carboxylic acids is 1. The van der Waals surface area contributed by atoms with E-state index in [1.165, 1.54) is 0 Å². The van der Waals surface area contributed by atoms with Gasteiger partial charge < -0.3 is 15.3 Å². The van der Waals surface area contributed by atoms with E-state index in [0.717, 1.165) is 38.6 Å². The second-order valence-corrected chi connectivity index (χ2v) is 5.45. The van der Waals surface area contributed by atoms with Gasteiger partial charge in [-0.25, -0.2) is 9.59 Å². The summed E-state index contributed by atoms with van der Waals surface area (Å²) in [6, 6.07) is 0.149. The van der Waals surface area contributed by atoms with Crippen LogP contribution in [0.4, 0.5) is 4.79 Å². The molecule has 0 atom stereocenters. The van der Waals surface area contributed by atoms with Crippen molar-refractivity contribution in [1.29, 1.82) is 0 Å². The highest BCUT2D eigenvalue weighted by Gasteiger charge is 2.47. The second-order valence-electron chi connectivity index (χ2n) is 5.45. The summed E-state index contributed by atoms with van der Waals surface area (Å²) in [4.78, 5) is 25.2. The van der Waals surface area contributed by atoms with E-state index in [2.05, 4.69) is 12.2 Å². The minimum Gasteiger partial charge on any atom is -0.480 e. The molecule has 5 heteroatoms. The van der Waals surface area contributed by atoms with Crippen molar-refractivity contribution in [2.24, 2.45) is 0 Å². The van der Waals surface area contributed by atoms with E-state index >= 15 is 0 Å². The summed E-state index contributed by atoms with van der Waals surface area (Å²) in [5.41, 5.74) is -0.990. The number of hydrogen-bond donors (Lipinski definition) is 2. The molecule has 0 aliphatic heterocycles. The summed E-state index contributed by atoms with van der Waals surface area (Å²) in [7, 11) is 0. The standard InChI is InChI=1S/C13H22N2O3/c1-2-3-9-15(10-5-6-10)12(18)14-13(11(16)17)7-4-8-13/h10H,2-9H2,1H3,(H,14,18)(H,16,17). The molecule has 0 aromatic carbocycles. The van der Waals surface area contributed by atoms with Crippen LogP contribution in [0.25, 0.3) is 0 Å². The number of hydrogen-bond acceptors (Lipinski definition) is 2. The summed E-state index contributed by atoms with van der Waals surface area (Å²) < 4.78 is 0. The number of carbonyl (C=O) groups is 2. The maximum atomic E-state index is 12.2. The first-order chi connectivity index (χ1) is 8.59. The molecule has 2 aliphatic rings. The Morgan fingerprint density at radius 3 is 2.44 bits per heavy atom. The first-order valence-electron chi connectivity index (χ1n) is 6.91. The van der Waals surface area contributed by atoms with Crippen LogP contribution in [0, 0.1) is 0 Å². The summed E-state index contributed by atoms with van der Waals surface area (Å²) >= 11 is 0. The number of urea groups is 1. The quantitative estimate of drug-likeness (QED) is 0.761. The SMILES string of the molecule is CCCCN(C(=O)NC1(C(=O)O)CCC1)C1CC1. The molecule has 0 spiro atoms. The van der Waals surface area contributed by atoms with Gasteiger partial charge in [-0.15, -0.1) is 0 Å². The van der Waals surface area contributed by atoms with Gasteiger partial charge in [0.25, 0.3) is 0 Å². The van der Waals surface area contributed by atoms with Crippen molar-refractivity contribution < 1.29 is 14.7 Å². The van der Waals surface area contributed by atoms with Crippen LogP contribution < -0.4 is 5.32 Å². The number of nitrogens with zero attached hydrogens (tertiary/aromatic N) is 1. The third kappa shape index (κ3) is 2.60. The number of rotatable bonds is 6. The van der Waals surface area contributed by atoms with Gasteiger partial charge >= 0.3 is 12.0 Å². The van der Waals surface area contributed by atoms with E-state index < -0.39 is 11.5 Å². The molecule has 102 valence electrons. The number of aliphatic carboxylic acids is 1. The molecule has 2 fully saturated rings. The van der Waals surface area contributed by atoms with Gasteiger partial charge in [0.2, 0.25) is 0 Å². The van der Waals surface area contributed by atoms with Gasteiger partial charge in [0.15, 0.2) is 0 Å². The molecule has 2 amide bonds. The average molecular weight is 254 g/mol. The summed E-state index contributed by atoms with van der Waals surface area (Å²) in [5.74, 6) is -0.895. The molecule has 5 nitrogen and oxygen atoms in total. The monoisotopic (exact) mass is 254 g/mol. The number of carbonyl (C=O) groups excluding carboxylic acids is 1. The lowest BCUT2D eigenvalue weighted by Crippen LogP contribution is -2.62. The van der Waals surface area contributed by atoms with Gasteiger partial charge in [-0.2, -0.15) is 0 Å². The maximum absolute atomic E-state index is 12.2. The zero-order chi connectivity index (χ0) is 13.2. The molecule has 0 heterocycles. The van der Waals surface area contributed by atoms with Crippen LogP contribution in [0.3, 0.4) is 0 Å². The molecule has 0 saturated heterocycles. The predicted molar refractivity (Wildman–Crippen MR) is 67.4 cm³/mol. The number of amides is 2. The fourth-order valence-corrected chi connectivity index (χ4v) is 2.36. The van der Waals surface area contributed by atoms with E-state index in [4.69, 9.17) is 0 Å². The highest BCUT2D eigenvalue weighted by molar-refractivity contribution is 5.87. The average Bonchev–Trinajstić information content (AvgIpc) is 3.07. The smallest absolute Gasteiger partial charge is 0.329 e. The zero-order valence-corrected chi connectivity index (χ0v) is 10.9. The van der Waals surface area contributed by atoms with Crippen LogP contribution in [-0.4, -0.2) is 40.1 Å². The topological polar surface area (TPSA) is 69.6 Å². The number of carboxylic acid groups (broad SMARTS) is 1. The Labute approximate surface area is 108 Å². The molecule has 0 radical (unpaired) electrons. The summed E-state index contributed by atoms with van der Waals surface area (Å²) in [5, 5.41) is 12.0. The van der Waals surface area contributed by atoms with Crippen LogP contribution in [0.2, 0.25) is 0 Å². The van der Waals surface area contributed by atoms with E-state index in [1.807, 2.05) is 4.90 Å². The van der Waals surface area contributed by atoms with Crippen molar-refractivity contribution in [3.8, 4) is 0 Å². The fourth-order valence-electron chi connectivity index (χ4n) is 2.36. The highest BCUT2D eigenvalue weighted by Crippen LogP contribution is 2.33. The van der Waals surface area contributed by atoms with Crippen LogP contribution in [0.5, 0.6) is 0 Å². The van der Waals surface area contributed by atoms with Crippen molar-refractivity contribution in [1.82, 2.24) is 10.2 Å². The molecular formula is C13H22N2O3. The molecular weight excluding hydrogens is 232 g/mol. The van der Waals surface area contributed by atoms with Crippen molar-refractivity contribution in [2.75, 3.05) is 6.54 Å². The minimum atomic E-state index is -0.990. The van der Waals surface area contributed by atoms with E-state index in [9.17, 15) is 14.7 Å². The van der Waals surface area contributed by atoms with Crippen molar-refractivity contribution in [2.45, 2.75) is 63.5 Å². The van der Waals surface area contributed by atoms with Gasteiger partial charge in [0.05, 0.1) is 0 Å². The van der Waals surface area contributed by atoms with Crippen molar-refractivity contribution >= 4 is 12.0 Å². The van der Waals surface area contributed by atoms with Gasteiger partial charge in [0.1, 0.15) is 5.54 Å². The molecule has 2 N–H and O–H groups in total. The fraction of sp³-hybridized carbons (Fsp3) is 0.846. The van der Waals surface area contributed by atoms with Crippen LogP contribution in [0.1, 0.15) is 51.9 Å². The number of nitrogens with one attached hydrogen (secondary N) is 1. The highest BCUT2D eigenvalue weighted by atomic mass is 16.4. The first kappa shape index (κ1) is 13.2. The van der Waals surface area contributed by atoms with Crippen molar-refractivity contribution in [3.05, 3.63) is 0 Å². The first-order valence-corrected chi connectivity index (χ1v) is 6.91. The minimum absolute atomic E-state index is 0.187. The molecule has 0 unspecified atom stereocenters. The Morgan fingerprint density at radius 2 is 2.06 bits per heavy atom. The van der Waals surface area contributed by atoms with Gasteiger partial charge in [0, 0.05) is 12.6 Å². The van der Waals surface area contributed by atoms with E-state index in [-0.39, 0.29) is 6.03 Å². The molecule has 0 aromatic heterocycles. The lowest BCUT2D eigenvalue weighted by Gasteiger charge is -2.39. The Kier molecular flexibility index (Phi) is 3.78. The lowest BCUT2D eigenvalue weighted by atomic mass is 9.77. The summed E-state index contributed by atoms with van der Waals surface area (Å²) in [6.07, 6.45) is 6.12. The summed E-state index contributed by atoms with van der Waals surface area (Å²) in [6.45, 7) is 2.83. The van der Waals surface area contributed by atoms with E-state index in [0.29, 0.717) is 18.9 Å². The number of unbranched alkanes of at least 4 members (excludes halogenated alkanes) is 1. The predicted octanol–water partition coefficient (Wildman–Crippen LogP) is 1.97. The Bertz CT molecular complexity index is 335. The van der Waals surface area contributed by atoms with Gasteiger partial charge in [-0.05, 0) is 38.5 Å². The molecule has 0 bridgehead atoms. The lowest BCUT2D eigenvalue weighted by molar-refractivity contribution is -0.148. The molecule has 0 aromatic rings. The molecule has 2 saturated carbocycles. The third-order valence-electron chi connectivity index (χ3n) is 3.96. The Balaban J connectivity index is 1.94. The maximum Gasteiger partial charge on any atom is 0.329 e. The van der Waals surface area contributed by atoms with Crippen LogP contribution in [0.15, 0.2) is 0 Å². The van der Waals surface area contributed by atoms with Gasteiger partial charge in [-0.1, -0.05) is 13.3 Å². The van der Waals surface area contributed by atoms with Crippen molar-refractivity contribution in [3.63, 3.8) is 0 Å². The second kappa shape index (κ2) is 5.16. The third-order valence-corrected chi connectivity index (χ3v) is 3.96. The molecule has 2 aliphatic carbocycles. The zero-order valence-electron chi connectivity index (χ0n) is 10.9. The molecule has 18 heavy (non-hydrogen) atoms. The Morgan fingerprint density at radius 1 is 1.39 bits per heavy atom. The van der Waals surface area contributed by atoms with Crippen LogP contribution in [-0.2, 0) is 4.79 Å². The normalized spacial score (nSPS) is 20.9. The van der Waals surface area contributed by atoms with Gasteiger partial charge in [-0.3, -0.25) is 0 Å². The van der Waals surface area contributed by atoms with E-state index in [1.54, 1.807) is 0 Å².